The van der Waals surface area contributed by atoms with E-state index in [1.807, 2.05) is 74.8 Å². The summed E-state index contributed by atoms with van der Waals surface area (Å²) >= 11 is 0. The first-order chi connectivity index (χ1) is 19.1. The van der Waals surface area contributed by atoms with Gasteiger partial charge in [0.2, 0.25) is 0 Å². The first-order valence-corrected chi connectivity index (χ1v) is 13.5. The summed E-state index contributed by atoms with van der Waals surface area (Å²) in [4.78, 5) is 35.8. The molecule has 4 aromatic rings. The number of fused-ring (bicyclic) bond motifs is 1. The number of nitrogen functional groups attached to an aromatic ring is 1. The van der Waals surface area contributed by atoms with Gasteiger partial charge in [0, 0.05) is 30.8 Å². The molecule has 2 aromatic heterocycles. The molecule has 0 radical (unpaired) electrons. The smallest absolute Gasteiger partial charge is 0.410 e. The van der Waals surface area contributed by atoms with E-state index < -0.39 is 5.60 Å². The predicted molar refractivity (Wildman–Crippen MR) is 154 cm³/mol. The number of carbonyl (C=O) groups is 2. The van der Waals surface area contributed by atoms with Crippen molar-refractivity contribution in [2.75, 3.05) is 18.8 Å². The number of aryl methyl sites for hydroxylation is 1. The Balaban J connectivity index is 1.37. The fraction of sp³-hybridized carbons (Fsp3) is 0.367. The Morgan fingerprint density at radius 3 is 2.62 bits per heavy atom. The zero-order valence-corrected chi connectivity index (χ0v) is 23.3. The molecule has 1 aliphatic heterocycles. The topological polar surface area (TPSA) is 128 Å². The van der Waals surface area contributed by atoms with Crippen LogP contribution in [0.5, 0.6) is 0 Å². The number of nitrogens with one attached hydrogen (secondary N) is 1. The van der Waals surface area contributed by atoms with Crippen LogP contribution in [0.2, 0.25) is 0 Å². The fourth-order valence-corrected chi connectivity index (χ4v) is 4.95. The maximum absolute atomic E-state index is 12.8. The van der Waals surface area contributed by atoms with Crippen LogP contribution in [0.1, 0.15) is 61.1 Å². The highest BCUT2D eigenvalue weighted by atomic mass is 16.6. The van der Waals surface area contributed by atoms with E-state index in [9.17, 15) is 9.59 Å². The highest BCUT2D eigenvalue weighted by Crippen LogP contribution is 2.34. The molecule has 5 rings (SSSR count). The zero-order valence-electron chi connectivity index (χ0n) is 23.3. The van der Waals surface area contributed by atoms with Gasteiger partial charge in [-0.1, -0.05) is 42.0 Å². The van der Waals surface area contributed by atoms with Crippen LogP contribution in [-0.4, -0.2) is 55.3 Å². The summed E-state index contributed by atoms with van der Waals surface area (Å²) in [5, 5.41) is 8.60. The Bertz CT molecular complexity index is 1540. The van der Waals surface area contributed by atoms with Crippen molar-refractivity contribution in [3.8, 4) is 11.3 Å². The van der Waals surface area contributed by atoms with E-state index in [0.29, 0.717) is 47.7 Å². The lowest BCUT2D eigenvalue weighted by atomic mass is 10.1. The van der Waals surface area contributed by atoms with E-state index in [0.717, 1.165) is 29.5 Å². The molecule has 2 amide bonds. The molecule has 1 saturated heterocycles. The average molecular weight is 542 g/mol. The van der Waals surface area contributed by atoms with Crippen molar-refractivity contribution in [2.45, 2.75) is 58.7 Å². The lowest BCUT2D eigenvalue weighted by molar-refractivity contribution is 0.0169. The van der Waals surface area contributed by atoms with E-state index >= 15 is 0 Å². The molecule has 3 N–H and O–H groups in total. The standard InChI is InChI=1S/C30H35N7O3/c1-19-7-5-8-22(15-19)28(38)32-16-20-10-12-21(13-11-20)25-24-26(31)33-18-34-27(24)37(35-25)23-9-6-14-36(17-23)29(39)40-30(2,3)4/h5,7-8,10-13,15,18,23H,6,9,14,16-17H2,1-4H3,(H,32,38)(H2,31,33,34)/t23-/m1/s1. The molecular formula is C30H35N7O3. The maximum atomic E-state index is 12.8. The number of piperidine rings is 1. The molecule has 10 nitrogen and oxygen atoms in total. The minimum Gasteiger partial charge on any atom is -0.444 e. The average Bonchev–Trinajstić information content (AvgIpc) is 3.32. The van der Waals surface area contributed by atoms with Crippen LogP contribution < -0.4 is 11.1 Å². The molecule has 0 spiro atoms. The first kappa shape index (κ1) is 27.1. The van der Waals surface area contributed by atoms with Crippen molar-refractivity contribution in [1.82, 2.24) is 30.0 Å². The summed E-state index contributed by atoms with van der Waals surface area (Å²) < 4.78 is 7.47. The number of nitrogens with two attached hydrogens (primary N) is 1. The minimum absolute atomic E-state index is 0.0806. The van der Waals surface area contributed by atoms with Gasteiger partial charge in [-0.05, 0) is 58.2 Å². The van der Waals surface area contributed by atoms with Gasteiger partial charge in [0.1, 0.15) is 23.4 Å². The molecule has 1 atom stereocenters. The van der Waals surface area contributed by atoms with Crippen LogP contribution in [0.25, 0.3) is 22.3 Å². The third-order valence-corrected chi connectivity index (χ3v) is 6.87. The van der Waals surface area contributed by atoms with Crippen molar-refractivity contribution < 1.29 is 14.3 Å². The molecule has 10 heteroatoms. The molecule has 0 aliphatic carbocycles. The SMILES string of the molecule is Cc1cccc(C(=O)NCc2ccc(-c3nn([C@@H]4CCCN(C(=O)OC(C)(C)C)C4)c4ncnc(N)c34)cc2)c1. The Morgan fingerprint density at radius 1 is 1.12 bits per heavy atom. The van der Waals surface area contributed by atoms with Crippen molar-refractivity contribution in [2.24, 2.45) is 0 Å². The number of likely N-dealkylation sites (tertiary alicyclic amines) is 1. The number of amides is 2. The Kier molecular flexibility index (Phi) is 7.42. The quantitative estimate of drug-likeness (QED) is 0.368. The molecule has 1 fully saturated rings. The van der Waals surface area contributed by atoms with Gasteiger partial charge in [-0.15, -0.1) is 0 Å². The van der Waals surface area contributed by atoms with Gasteiger partial charge in [-0.3, -0.25) is 4.79 Å². The van der Waals surface area contributed by atoms with Crippen LogP contribution in [0, 0.1) is 6.92 Å². The second-order valence-corrected chi connectivity index (χ2v) is 11.2. The zero-order chi connectivity index (χ0) is 28.4. The molecule has 0 saturated carbocycles. The lowest BCUT2D eigenvalue weighted by Gasteiger charge is -2.34. The molecule has 0 unspecified atom stereocenters. The first-order valence-electron chi connectivity index (χ1n) is 13.5. The number of aromatic nitrogens is 4. The van der Waals surface area contributed by atoms with E-state index in [4.69, 9.17) is 15.6 Å². The van der Waals surface area contributed by atoms with Crippen molar-refractivity contribution in [3.63, 3.8) is 0 Å². The molecular weight excluding hydrogens is 506 g/mol. The van der Waals surface area contributed by atoms with Gasteiger partial charge in [0.15, 0.2) is 5.65 Å². The molecule has 2 aromatic carbocycles. The molecule has 0 bridgehead atoms. The minimum atomic E-state index is -0.563. The van der Waals surface area contributed by atoms with Gasteiger partial charge in [0.25, 0.3) is 5.91 Å². The van der Waals surface area contributed by atoms with Crippen molar-refractivity contribution in [3.05, 3.63) is 71.5 Å². The van der Waals surface area contributed by atoms with E-state index in [2.05, 4.69) is 15.3 Å². The van der Waals surface area contributed by atoms with E-state index in [1.165, 1.54) is 6.33 Å². The third-order valence-electron chi connectivity index (χ3n) is 6.87. The van der Waals surface area contributed by atoms with Crippen LogP contribution >= 0.6 is 0 Å². The lowest BCUT2D eigenvalue weighted by Crippen LogP contribution is -2.43. The van der Waals surface area contributed by atoms with Crippen LogP contribution in [-0.2, 0) is 11.3 Å². The van der Waals surface area contributed by atoms with Crippen LogP contribution in [0.4, 0.5) is 10.6 Å². The Hall–Kier alpha value is -4.47. The summed E-state index contributed by atoms with van der Waals surface area (Å²) in [7, 11) is 0. The monoisotopic (exact) mass is 541 g/mol. The number of hydrogen-bond donors (Lipinski definition) is 2. The number of carbonyl (C=O) groups excluding carboxylic acids is 2. The molecule has 3 heterocycles. The summed E-state index contributed by atoms with van der Waals surface area (Å²) in [6, 6.07) is 15.3. The second kappa shape index (κ2) is 11.0. The second-order valence-electron chi connectivity index (χ2n) is 11.2. The fourth-order valence-electron chi connectivity index (χ4n) is 4.95. The normalized spacial score (nSPS) is 15.7. The summed E-state index contributed by atoms with van der Waals surface area (Å²) in [5.41, 5.74) is 10.6. The van der Waals surface area contributed by atoms with Crippen molar-refractivity contribution >= 4 is 28.9 Å². The van der Waals surface area contributed by atoms with Gasteiger partial charge < -0.3 is 20.7 Å². The number of benzene rings is 2. The molecule has 40 heavy (non-hydrogen) atoms. The molecule has 208 valence electrons. The number of hydrogen-bond acceptors (Lipinski definition) is 7. The van der Waals surface area contributed by atoms with Crippen molar-refractivity contribution in [1.29, 1.82) is 0 Å². The van der Waals surface area contributed by atoms with Crippen LogP contribution in [0.3, 0.4) is 0 Å². The van der Waals surface area contributed by atoms with Gasteiger partial charge in [-0.25, -0.2) is 19.4 Å². The third kappa shape index (κ3) is 5.90. The number of rotatable bonds is 5. The van der Waals surface area contributed by atoms with Gasteiger partial charge in [-0.2, -0.15) is 5.10 Å². The summed E-state index contributed by atoms with van der Waals surface area (Å²) in [6.07, 6.45) is 2.78. The summed E-state index contributed by atoms with van der Waals surface area (Å²) in [6.45, 7) is 9.05. The van der Waals surface area contributed by atoms with Gasteiger partial charge in [0.05, 0.1) is 11.4 Å². The Labute approximate surface area is 233 Å². The number of anilines is 1. The predicted octanol–water partition coefficient (Wildman–Crippen LogP) is 4.89. The highest BCUT2D eigenvalue weighted by molar-refractivity contribution is 5.98. The van der Waals surface area contributed by atoms with Crippen LogP contribution in [0.15, 0.2) is 54.9 Å². The van der Waals surface area contributed by atoms with E-state index in [-0.39, 0.29) is 18.0 Å². The largest absolute Gasteiger partial charge is 0.444 e. The van der Waals surface area contributed by atoms with Gasteiger partial charge >= 0.3 is 6.09 Å². The Morgan fingerprint density at radius 2 is 1.90 bits per heavy atom. The molecule has 1 aliphatic rings. The number of nitrogens with zero attached hydrogens (tertiary/aromatic N) is 5. The van der Waals surface area contributed by atoms with E-state index in [1.54, 1.807) is 11.0 Å². The number of ether oxygens (including phenoxy) is 1. The highest BCUT2D eigenvalue weighted by Gasteiger charge is 2.31. The summed E-state index contributed by atoms with van der Waals surface area (Å²) in [5.74, 6) is 0.232. The maximum Gasteiger partial charge on any atom is 0.410 e.